The Morgan fingerprint density at radius 3 is 2.71 bits per heavy atom. The molecule has 0 radical (unpaired) electrons. The van der Waals surface area contributed by atoms with Gasteiger partial charge in [-0.3, -0.25) is 0 Å². The Hall–Kier alpha value is -0.570. The van der Waals surface area contributed by atoms with Crippen LogP contribution in [-0.2, 0) is 5.54 Å². The van der Waals surface area contributed by atoms with Crippen LogP contribution in [0.3, 0.4) is 0 Å². The highest BCUT2D eigenvalue weighted by molar-refractivity contribution is 6.31. The van der Waals surface area contributed by atoms with Crippen molar-refractivity contribution in [3.05, 3.63) is 34.3 Å². The first-order valence-corrected chi connectivity index (χ1v) is 5.13. The molecular weight excluding hydrogens is 198 g/mol. The van der Waals surface area contributed by atoms with Gasteiger partial charge in [0.1, 0.15) is 0 Å². The number of benzene rings is 1. The summed E-state index contributed by atoms with van der Waals surface area (Å²) in [6, 6.07) is 5.84. The largest absolute Gasteiger partial charge is 0.393 e. The van der Waals surface area contributed by atoms with Gasteiger partial charge in [0.15, 0.2) is 0 Å². The first kappa shape index (κ1) is 9.97. The Bertz CT molecular complexity index is 358. The molecule has 0 saturated heterocycles. The molecular formula is C11H14ClNO. The van der Waals surface area contributed by atoms with E-state index in [0.29, 0.717) is 17.9 Å². The fourth-order valence-corrected chi connectivity index (χ4v) is 2.33. The Labute approximate surface area is 88.7 Å². The van der Waals surface area contributed by atoms with E-state index in [4.69, 9.17) is 17.3 Å². The number of hydrogen-bond acceptors (Lipinski definition) is 2. The van der Waals surface area contributed by atoms with Gasteiger partial charge in [0, 0.05) is 10.6 Å². The molecule has 3 N–H and O–H groups in total. The Morgan fingerprint density at radius 1 is 1.50 bits per heavy atom. The van der Waals surface area contributed by atoms with E-state index in [1.54, 1.807) is 0 Å². The quantitative estimate of drug-likeness (QED) is 0.746. The number of aliphatic hydroxyl groups excluding tert-OH is 1. The molecule has 1 aromatic carbocycles. The van der Waals surface area contributed by atoms with Crippen molar-refractivity contribution in [2.45, 2.75) is 31.4 Å². The molecule has 0 aliphatic heterocycles. The first-order valence-electron chi connectivity index (χ1n) is 4.75. The zero-order valence-corrected chi connectivity index (χ0v) is 8.88. The summed E-state index contributed by atoms with van der Waals surface area (Å²) in [7, 11) is 0. The number of aryl methyl sites for hydroxylation is 1. The van der Waals surface area contributed by atoms with Crippen LogP contribution in [0.15, 0.2) is 18.2 Å². The van der Waals surface area contributed by atoms with Gasteiger partial charge in [0.2, 0.25) is 0 Å². The maximum atomic E-state index is 9.28. The Morgan fingerprint density at radius 2 is 2.14 bits per heavy atom. The van der Waals surface area contributed by atoms with Crippen molar-refractivity contribution >= 4 is 11.6 Å². The van der Waals surface area contributed by atoms with Crippen molar-refractivity contribution in [3.63, 3.8) is 0 Å². The highest BCUT2D eigenvalue weighted by atomic mass is 35.5. The fraction of sp³-hybridized carbons (Fsp3) is 0.455. The summed E-state index contributed by atoms with van der Waals surface area (Å²) in [5.74, 6) is 0. The van der Waals surface area contributed by atoms with Gasteiger partial charge in [0.25, 0.3) is 0 Å². The van der Waals surface area contributed by atoms with Crippen LogP contribution < -0.4 is 5.73 Å². The smallest absolute Gasteiger partial charge is 0.0582 e. The highest BCUT2D eigenvalue weighted by Crippen LogP contribution is 2.42. The second-order valence-electron chi connectivity index (χ2n) is 4.20. The first-order chi connectivity index (χ1) is 6.51. The number of aliphatic hydroxyl groups is 1. The SMILES string of the molecule is Cc1ccc(Cl)c(C2(N)CC(O)C2)c1. The number of hydrogen-bond donors (Lipinski definition) is 2. The minimum Gasteiger partial charge on any atom is -0.393 e. The van der Waals surface area contributed by atoms with E-state index in [2.05, 4.69) is 0 Å². The summed E-state index contributed by atoms with van der Waals surface area (Å²) in [6.45, 7) is 2.01. The molecule has 76 valence electrons. The lowest BCUT2D eigenvalue weighted by Crippen LogP contribution is -2.51. The molecule has 1 aromatic rings. The molecule has 0 amide bonds. The number of nitrogens with two attached hydrogens (primary N) is 1. The fourth-order valence-electron chi connectivity index (χ4n) is 2.02. The molecule has 3 heteroatoms. The van der Waals surface area contributed by atoms with Crippen LogP contribution in [0, 0.1) is 6.92 Å². The third kappa shape index (κ3) is 1.54. The maximum Gasteiger partial charge on any atom is 0.0582 e. The predicted octanol–water partition coefficient (Wildman–Crippen LogP) is 1.96. The molecule has 0 bridgehead atoms. The second-order valence-corrected chi connectivity index (χ2v) is 4.61. The third-order valence-corrected chi connectivity index (χ3v) is 3.19. The van der Waals surface area contributed by atoms with Crippen LogP contribution in [-0.4, -0.2) is 11.2 Å². The summed E-state index contributed by atoms with van der Waals surface area (Å²) >= 11 is 6.08. The summed E-state index contributed by atoms with van der Waals surface area (Å²) in [5, 5.41) is 9.98. The van der Waals surface area contributed by atoms with Crippen molar-refractivity contribution in [1.82, 2.24) is 0 Å². The van der Waals surface area contributed by atoms with E-state index >= 15 is 0 Å². The average molecular weight is 212 g/mol. The third-order valence-electron chi connectivity index (χ3n) is 2.86. The van der Waals surface area contributed by atoms with Gasteiger partial charge in [-0.05, 0) is 31.4 Å². The Kier molecular flexibility index (Phi) is 2.30. The average Bonchev–Trinajstić information content (AvgIpc) is 2.07. The summed E-state index contributed by atoms with van der Waals surface area (Å²) in [4.78, 5) is 0. The molecule has 2 rings (SSSR count). The predicted molar refractivity (Wildman–Crippen MR) is 57.3 cm³/mol. The number of rotatable bonds is 1. The van der Waals surface area contributed by atoms with Crippen molar-refractivity contribution < 1.29 is 5.11 Å². The molecule has 0 heterocycles. The zero-order valence-electron chi connectivity index (χ0n) is 8.13. The Balaban J connectivity index is 2.36. The molecule has 0 aromatic heterocycles. The highest BCUT2D eigenvalue weighted by Gasteiger charge is 2.42. The van der Waals surface area contributed by atoms with E-state index < -0.39 is 5.54 Å². The van der Waals surface area contributed by atoms with E-state index in [1.807, 2.05) is 25.1 Å². The van der Waals surface area contributed by atoms with Crippen LogP contribution in [0.2, 0.25) is 5.02 Å². The molecule has 2 nitrogen and oxygen atoms in total. The van der Waals surface area contributed by atoms with E-state index in [9.17, 15) is 5.11 Å². The molecule has 1 aliphatic rings. The van der Waals surface area contributed by atoms with Gasteiger partial charge >= 0.3 is 0 Å². The maximum absolute atomic E-state index is 9.28. The molecule has 0 atom stereocenters. The van der Waals surface area contributed by atoms with Crippen LogP contribution in [0.25, 0.3) is 0 Å². The van der Waals surface area contributed by atoms with Gasteiger partial charge in [0.05, 0.1) is 6.10 Å². The van der Waals surface area contributed by atoms with Crippen molar-refractivity contribution in [1.29, 1.82) is 0 Å². The van der Waals surface area contributed by atoms with Gasteiger partial charge in [-0.1, -0.05) is 29.3 Å². The molecule has 1 saturated carbocycles. The summed E-state index contributed by atoms with van der Waals surface area (Å²) in [6.07, 6.45) is 0.948. The van der Waals surface area contributed by atoms with Gasteiger partial charge in [-0.25, -0.2) is 0 Å². The van der Waals surface area contributed by atoms with Crippen LogP contribution in [0.4, 0.5) is 0 Å². The van der Waals surface area contributed by atoms with E-state index in [0.717, 1.165) is 11.1 Å². The second kappa shape index (κ2) is 3.23. The van der Waals surface area contributed by atoms with Crippen LogP contribution in [0.1, 0.15) is 24.0 Å². The lowest BCUT2D eigenvalue weighted by Gasteiger charge is -2.43. The monoisotopic (exact) mass is 211 g/mol. The van der Waals surface area contributed by atoms with Gasteiger partial charge < -0.3 is 10.8 Å². The molecule has 1 fully saturated rings. The minimum absolute atomic E-state index is 0.267. The van der Waals surface area contributed by atoms with E-state index in [1.165, 1.54) is 0 Å². The molecule has 1 aliphatic carbocycles. The molecule has 14 heavy (non-hydrogen) atoms. The normalized spacial score (nSPS) is 31.3. The van der Waals surface area contributed by atoms with Crippen molar-refractivity contribution in [2.75, 3.05) is 0 Å². The molecule has 0 unspecified atom stereocenters. The van der Waals surface area contributed by atoms with Crippen molar-refractivity contribution in [3.8, 4) is 0 Å². The van der Waals surface area contributed by atoms with Crippen LogP contribution >= 0.6 is 11.6 Å². The van der Waals surface area contributed by atoms with Crippen molar-refractivity contribution in [2.24, 2.45) is 5.73 Å². The lowest BCUT2D eigenvalue weighted by atomic mass is 9.70. The minimum atomic E-state index is -0.414. The van der Waals surface area contributed by atoms with Crippen LogP contribution in [0.5, 0.6) is 0 Å². The zero-order chi connectivity index (χ0) is 10.3. The standard InChI is InChI=1S/C11H14ClNO/c1-7-2-3-10(12)9(4-7)11(13)5-8(14)6-11/h2-4,8,14H,5-6,13H2,1H3. The van der Waals surface area contributed by atoms with Gasteiger partial charge in [-0.2, -0.15) is 0 Å². The summed E-state index contributed by atoms with van der Waals surface area (Å²) < 4.78 is 0. The number of halogens is 1. The lowest BCUT2D eigenvalue weighted by molar-refractivity contribution is 0.0210. The topological polar surface area (TPSA) is 46.2 Å². The van der Waals surface area contributed by atoms with E-state index in [-0.39, 0.29) is 6.10 Å². The molecule has 0 spiro atoms. The summed E-state index contributed by atoms with van der Waals surface area (Å²) in [5.41, 5.74) is 7.84. The van der Waals surface area contributed by atoms with Gasteiger partial charge in [-0.15, -0.1) is 0 Å².